The zero-order valence-corrected chi connectivity index (χ0v) is 9.03. The summed E-state index contributed by atoms with van der Waals surface area (Å²) in [5.74, 6) is 1.71. The van der Waals surface area contributed by atoms with E-state index in [9.17, 15) is 5.11 Å². The molecule has 2 aliphatic rings. The van der Waals surface area contributed by atoms with E-state index in [4.69, 9.17) is 15.2 Å². The molecule has 0 aliphatic carbocycles. The molecule has 1 aromatic rings. The molecule has 16 heavy (non-hydrogen) atoms. The number of hydrogen-bond donors (Lipinski definition) is 2. The van der Waals surface area contributed by atoms with E-state index < -0.39 is 6.10 Å². The Morgan fingerprint density at radius 3 is 2.81 bits per heavy atom. The zero-order chi connectivity index (χ0) is 11.1. The fourth-order valence-electron chi connectivity index (χ4n) is 2.45. The van der Waals surface area contributed by atoms with E-state index in [1.165, 1.54) is 0 Å². The topological polar surface area (TPSA) is 64.7 Å². The number of aliphatic hydroxyl groups excluding tert-OH is 1. The van der Waals surface area contributed by atoms with Crippen LogP contribution < -0.4 is 15.2 Å². The molecule has 0 saturated carbocycles. The molecule has 4 heteroatoms. The summed E-state index contributed by atoms with van der Waals surface area (Å²) in [5, 5.41) is 9.90. The van der Waals surface area contributed by atoms with Crippen molar-refractivity contribution in [3.8, 4) is 11.5 Å². The maximum absolute atomic E-state index is 9.90. The maximum atomic E-state index is 9.90. The van der Waals surface area contributed by atoms with Gasteiger partial charge in [-0.2, -0.15) is 0 Å². The fourth-order valence-corrected chi connectivity index (χ4v) is 2.45. The molecule has 0 radical (unpaired) electrons. The number of aliphatic hydroxyl groups is 1. The van der Waals surface area contributed by atoms with E-state index in [-0.39, 0.29) is 6.54 Å². The van der Waals surface area contributed by atoms with Crippen molar-refractivity contribution in [1.29, 1.82) is 0 Å². The first kappa shape index (κ1) is 9.93. The first-order chi connectivity index (χ1) is 7.81. The Labute approximate surface area is 94.0 Å². The van der Waals surface area contributed by atoms with Crippen LogP contribution in [-0.2, 0) is 12.8 Å². The lowest BCUT2D eigenvalue weighted by Gasteiger charge is -2.14. The largest absolute Gasteiger partial charge is 0.489 e. The molecule has 3 rings (SSSR count). The normalized spacial score (nSPS) is 18.6. The molecule has 2 aliphatic heterocycles. The Kier molecular flexibility index (Phi) is 2.26. The summed E-state index contributed by atoms with van der Waals surface area (Å²) >= 11 is 0. The summed E-state index contributed by atoms with van der Waals surface area (Å²) in [6.07, 6.45) is 1.12. The third-order valence-electron chi connectivity index (χ3n) is 3.25. The monoisotopic (exact) mass is 221 g/mol. The lowest BCUT2D eigenvalue weighted by atomic mass is 9.96. The van der Waals surface area contributed by atoms with Crippen LogP contribution in [0, 0.1) is 0 Å². The van der Waals surface area contributed by atoms with Crippen molar-refractivity contribution in [2.45, 2.75) is 18.9 Å². The molecule has 2 heterocycles. The Bertz CT molecular complexity index is 431. The van der Waals surface area contributed by atoms with Crippen molar-refractivity contribution in [3.05, 3.63) is 22.8 Å². The predicted octanol–water partition coefficient (Wildman–Crippen LogP) is 0.548. The second-order valence-electron chi connectivity index (χ2n) is 4.21. The van der Waals surface area contributed by atoms with Gasteiger partial charge in [-0.3, -0.25) is 0 Å². The molecule has 1 aromatic carbocycles. The van der Waals surface area contributed by atoms with Gasteiger partial charge in [0.25, 0.3) is 0 Å². The number of ether oxygens (including phenoxy) is 2. The molecule has 0 bridgehead atoms. The lowest BCUT2D eigenvalue weighted by Crippen LogP contribution is -2.13. The summed E-state index contributed by atoms with van der Waals surface area (Å²) in [6.45, 7) is 1.61. The first-order valence-electron chi connectivity index (χ1n) is 5.63. The van der Waals surface area contributed by atoms with Crippen molar-refractivity contribution in [2.75, 3.05) is 19.8 Å². The molecule has 3 N–H and O–H groups in total. The molecule has 1 atom stereocenters. The quantitative estimate of drug-likeness (QED) is 0.765. The van der Waals surface area contributed by atoms with Gasteiger partial charge in [-0.05, 0) is 11.6 Å². The molecule has 86 valence electrons. The minimum Gasteiger partial charge on any atom is -0.489 e. The number of nitrogens with two attached hydrogens (primary N) is 1. The van der Waals surface area contributed by atoms with E-state index in [1.54, 1.807) is 0 Å². The third-order valence-corrected chi connectivity index (χ3v) is 3.25. The molecule has 0 aromatic heterocycles. The molecular weight excluding hydrogens is 206 g/mol. The average molecular weight is 221 g/mol. The van der Waals surface area contributed by atoms with E-state index in [0.717, 1.165) is 41.0 Å². The van der Waals surface area contributed by atoms with Gasteiger partial charge in [0.15, 0.2) is 11.5 Å². The molecule has 0 fully saturated rings. The van der Waals surface area contributed by atoms with Crippen LogP contribution in [-0.4, -0.2) is 24.9 Å². The second kappa shape index (κ2) is 3.64. The van der Waals surface area contributed by atoms with Gasteiger partial charge < -0.3 is 20.3 Å². The smallest absolute Gasteiger partial charge is 0.165 e. The standard InChI is InChI=1S/C12H15NO3/c13-6-10(14)9-5-7-1-3-15-11(7)12-8(9)2-4-16-12/h5,10,14H,1-4,6,13H2. The summed E-state index contributed by atoms with van der Waals surface area (Å²) in [6, 6.07) is 2.02. The zero-order valence-electron chi connectivity index (χ0n) is 9.03. The van der Waals surface area contributed by atoms with Crippen LogP contribution in [0.3, 0.4) is 0 Å². The molecule has 0 amide bonds. The third kappa shape index (κ3) is 1.30. The van der Waals surface area contributed by atoms with Gasteiger partial charge in [0.05, 0.1) is 19.3 Å². The van der Waals surface area contributed by atoms with Crippen LogP contribution in [0.1, 0.15) is 22.8 Å². The SMILES string of the molecule is NCC(O)c1cc2c(c3c1CCO3)OCC2. The molecule has 1 unspecified atom stereocenters. The van der Waals surface area contributed by atoms with Gasteiger partial charge >= 0.3 is 0 Å². The number of benzene rings is 1. The highest BCUT2D eigenvalue weighted by molar-refractivity contribution is 5.59. The second-order valence-corrected chi connectivity index (χ2v) is 4.21. The Morgan fingerprint density at radius 2 is 2.00 bits per heavy atom. The maximum Gasteiger partial charge on any atom is 0.165 e. The number of rotatable bonds is 2. The van der Waals surface area contributed by atoms with Crippen molar-refractivity contribution >= 4 is 0 Å². The minimum atomic E-state index is -0.596. The highest BCUT2D eigenvalue weighted by Crippen LogP contribution is 2.44. The highest BCUT2D eigenvalue weighted by atomic mass is 16.5. The van der Waals surface area contributed by atoms with Crippen LogP contribution in [0.15, 0.2) is 6.07 Å². The van der Waals surface area contributed by atoms with Gasteiger partial charge in [0.1, 0.15) is 0 Å². The van der Waals surface area contributed by atoms with Crippen LogP contribution in [0.5, 0.6) is 11.5 Å². The van der Waals surface area contributed by atoms with Crippen molar-refractivity contribution < 1.29 is 14.6 Å². The van der Waals surface area contributed by atoms with E-state index >= 15 is 0 Å². The lowest BCUT2D eigenvalue weighted by molar-refractivity contribution is 0.185. The summed E-state index contributed by atoms with van der Waals surface area (Å²) in [5.41, 5.74) is 8.63. The van der Waals surface area contributed by atoms with Crippen molar-refractivity contribution in [1.82, 2.24) is 0 Å². The Hall–Kier alpha value is -1.26. The van der Waals surface area contributed by atoms with Gasteiger partial charge in [-0.25, -0.2) is 0 Å². The van der Waals surface area contributed by atoms with Crippen LogP contribution in [0.2, 0.25) is 0 Å². The van der Waals surface area contributed by atoms with E-state index in [2.05, 4.69) is 0 Å². The van der Waals surface area contributed by atoms with Crippen molar-refractivity contribution in [2.24, 2.45) is 5.73 Å². The summed E-state index contributed by atoms with van der Waals surface area (Å²) in [7, 11) is 0. The molecular formula is C12H15NO3. The van der Waals surface area contributed by atoms with E-state index in [1.807, 2.05) is 6.07 Å². The van der Waals surface area contributed by atoms with Crippen molar-refractivity contribution in [3.63, 3.8) is 0 Å². The first-order valence-corrected chi connectivity index (χ1v) is 5.63. The van der Waals surface area contributed by atoms with Crippen LogP contribution in [0.25, 0.3) is 0 Å². The predicted molar refractivity (Wildman–Crippen MR) is 58.9 cm³/mol. The number of fused-ring (bicyclic) bond motifs is 3. The number of hydrogen-bond acceptors (Lipinski definition) is 4. The van der Waals surface area contributed by atoms with E-state index in [0.29, 0.717) is 13.2 Å². The molecule has 4 nitrogen and oxygen atoms in total. The Balaban J connectivity index is 2.16. The van der Waals surface area contributed by atoms with Crippen LogP contribution in [0.4, 0.5) is 0 Å². The average Bonchev–Trinajstić information content (AvgIpc) is 2.93. The fraction of sp³-hybridized carbons (Fsp3) is 0.500. The Morgan fingerprint density at radius 1 is 1.25 bits per heavy atom. The minimum absolute atomic E-state index is 0.242. The molecule has 0 spiro atoms. The summed E-state index contributed by atoms with van der Waals surface area (Å²) < 4.78 is 11.2. The highest BCUT2D eigenvalue weighted by Gasteiger charge is 2.29. The molecule has 0 saturated heterocycles. The van der Waals surface area contributed by atoms with Gasteiger partial charge in [0.2, 0.25) is 0 Å². The van der Waals surface area contributed by atoms with Gasteiger partial charge in [-0.15, -0.1) is 0 Å². The van der Waals surface area contributed by atoms with Crippen LogP contribution >= 0.6 is 0 Å². The van der Waals surface area contributed by atoms with Gasteiger partial charge in [0, 0.05) is 30.5 Å². The summed E-state index contributed by atoms with van der Waals surface area (Å²) in [4.78, 5) is 0. The van der Waals surface area contributed by atoms with Gasteiger partial charge in [-0.1, -0.05) is 0 Å².